The zero-order chi connectivity index (χ0) is 47.0. The third-order valence-electron chi connectivity index (χ3n) is 15.9. The molecule has 0 unspecified atom stereocenters. The summed E-state index contributed by atoms with van der Waals surface area (Å²) in [6.07, 6.45) is 4.49. The van der Waals surface area contributed by atoms with Crippen LogP contribution in [0.4, 0.5) is 0 Å². The molecule has 16 rings (SSSR count). The van der Waals surface area contributed by atoms with E-state index in [1.54, 1.807) is 0 Å². The minimum atomic E-state index is 0.874. The van der Waals surface area contributed by atoms with Crippen LogP contribution in [0, 0.1) is 0 Å². The summed E-state index contributed by atoms with van der Waals surface area (Å²) in [6, 6.07) is 82.4. The van der Waals surface area contributed by atoms with Gasteiger partial charge in [0.05, 0.1) is 0 Å². The first-order chi connectivity index (χ1) is 35.7. The molecule has 0 aliphatic heterocycles. The Bertz CT molecular complexity index is 4750. The third-order valence-corrected chi connectivity index (χ3v) is 15.9. The van der Waals surface area contributed by atoms with Crippen LogP contribution in [0.1, 0.15) is 23.1 Å². The number of hydrogen-bond donors (Lipinski definition) is 0. The first-order valence-corrected chi connectivity index (χ1v) is 25.1. The topological polar surface area (TPSA) is 26.3 Å². The molecule has 1 aliphatic carbocycles. The molecule has 0 atom stereocenters. The lowest BCUT2D eigenvalue weighted by Crippen LogP contribution is -2.01. The van der Waals surface area contributed by atoms with E-state index in [-0.39, 0.29) is 0 Å². The summed E-state index contributed by atoms with van der Waals surface area (Å²) < 4.78 is 13.7. The van der Waals surface area contributed by atoms with E-state index < -0.39 is 0 Å². The quantitative estimate of drug-likeness (QED) is 0.164. The SMILES string of the molecule is C1=C(c2c3ccccc3c(-c3ccc4c(c3)oc3ccc5c(ccc6oc7cc(-c8c9ccccc9c(-c9ccc%10ccccc%10c9)c9ccccc89)ccc7c65)c34)c3ccccc23)CCc2ccccc21. The van der Waals surface area contributed by atoms with E-state index in [1.165, 1.54) is 98.4 Å². The second-order valence-electron chi connectivity index (χ2n) is 19.7. The molecule has 0 radical (unpaired) electrons. The van der Waals surface area contributed by atoms with E-state index in [0.29, 0.717) is 0 Å². The fraction of sp³-hybridized carbons (Fsp3) is 0.0286. The molecule has 0 fully saturated rings. The van der Waals surface area contributed by atoms with Gasteiger partial charge < -0.3 is 8.83 Å². The summed E-state index contributed by atoms with van der Waals surface area (Å²) in [5.41, 5.74) is 16.2. The Morgan fingerprint density at radius 2 is 0.667 bits per heavy atom. The Labute approximate surface area is 414 Å². The van der Waals surface area contributed by atoms with Gasteiger partial charge in [0.1, 0.15) is 22.3 Å². The van der Waals surface area contributed by atoms with E-state index in [9.17, 15) is 0 Å². The Kier molecular flexibility index (Phi) is 8.32. The zero-order valence-electron chi connectivity index (χ0n) is 39.2. The van der Waals surface area contributed by atoms with Gasteiger partial charge in [0, 0.05) is 21.5 Å². The van der Waals surface area contributed by atoms with Gasteiger partial charge in [-0.2, -0.15) is 0 Å². The van der Waals surface area contributed by atoms with E-state index in [0.717, 1.165) is 78.6 Å². The van der Waals surface area contributed by atoms with Crippen molar-refractivity contribution in [3.8, 4) is 33.4 Å². The first-order valence-electron chi connectivity index (χ1n) is 25.1. The van der Waals surface area contributed by atoms with Gasteiger partial charge in [-0.05, 0) is 188 Å². The highest BCUT2D eigenvalue weighted by Crippen LogP contribution is 2.49. The molecule has 334 valence electrons. The fourth-order valence-electron chi connectivity index (χ4n) is 12.8. The van der Waals surface area contributed by atoms with Crippen LogP contribution in [0.25, 0.3) is 154 Å². The molecule has 15 aromatic rings. The van der Waals surface area contributed by atoms with Crippen LogP contribution < -0.4 is 0 Å². The average Bonchev–Trinajstić information content (AvgIpc) is 4.01. The van der Waals surface area contributed by atoms with Crippen LogP contribution in [0.5, 0.6) is 0 Å². The van der Waals surface area contributed by atoms with Crippen LogP contribution in [0.15, 0.2) is 233 Å². The van der Waals surface area contributed by atoms with Crippen molar-refractivity contribution in [3.63, 3.8) is 0 Å². The number of benzene rings is 13. The minimum Gasteiger partial charge on any atom is -0.456 e. The maximum absolute atomic E-state index is 6.84. The highest BCUT2D eigenvalue weighted by atomic mass is 16.3. The van der Waals surface area contributed by atoms with Crippen molar-refractivity contribution in [2.75, 3.05) is 0 Å². The predicted molar refractivity (Wildman–Crippen MR) is 305 cm³/mol. The van der Waals surface area contributed by atoms with Crippen molar-refractivity contribution in [1.82, 2.24) is 0 Å². The summed E-state index contributed by atoms with van der Waals surface area (Å²) in [5, 5.41) is 19.2. The smallest absolute Gasteiger partial charge is 0.136 e. The largest absolute Gasteiger partial charge is 0.456 e. The van der Waals surface area contributed by atoms with Crippen LogP contribution >= 0.6 is 0 Å². The Hall–Kier alpha value is -9.24. The summed E-state index contributed by atoms with van der Waals surface area (Å²) in [6.45, 7) is 0. The second kappa shape index (κ2) is 15.1. The number of hydrogen-bond acceptors (Lipinski definition) is 2. The van der Waals surface area contributed by atoms with Gasteiger partial charge in [0.25, 0.3) is 0 Å². The van der Waals surface area contributed by atoms with Crippen LogP contribution in [-0.2, 0) is 6.42 Å². The lowest BCUT2D eigenvalue weighted by molar-refractivity contribution is 0.668. The summed E-state index contributed by atoms with van der Waals surface area (Å²) in [7, 11) is 0. The first kappa shape index (κ1) is 39.6. The molecule has 0 saturated carbocycles. The maximum atomic E-state index is 6.84. The predicted octanol–water partition coefficient (Wildman–Crippen LogP) is 19.9. The molecule has 0 saturated heterocycles. The summed E-state index contributed by atoms with van der Waals surface area (Å²) in [4.78, 5) is 0. The number of aryl methyl sites for hydroxylation is 1. The van der Waals surface area contributed by atoms with Gasteiger partial charge in [0.2, 0.25) is 0 Å². The fourth-order valence-corrected chi connectivity index (χ4v) is 12.8. The monoisotopic (exact) mass is 914 g/mol. The van der Waals surface area contributed by atoms with E-state index in [2.05, 4.69) is 231 Å². The highest BCUT2D eigenvalue weighted by Gasteiger charge is 2.23. The molecule has 1 aliphatic rings. The lowest BCUT2D eigenvalue weighted by atomic mass is 9.82. The van der Waals surface area contributed by atoms with Gasteiger partial charge >= 0.3 is 0 Å². The second-order valence-corrected chi connectivity index (χ2v) is 19.7. The Balaban J connectivity index is 0.842. The minimum absolute atomic E-state index is 0.874. The number of allylic oxidation sites excluding steroid dienone is 1. The molecule has 0 bridgehead atoms. The number of rotatable bonds is 4. The van der Waals surface area contributed by atoms with Crippen LogP contribution in [0.3, 0.4) is 0 Å². The van der Waals surface area contributed by atoms with Gasteiger partial charge in [0.15, 0.2) is 0 Å². The van der Waals surface area contributed by atoms with Gasteiger partial charge in [-0.15, -0.1) is 0 Å². The molecular weight excluding hydrogens is 873 g/mol. The van der Waals surface area contributed by atoms with Crippen molar-refractivity contribution >= 4 is 120 Å². The molecule has 0 N–H and O–H groups in total. The molecule has 2 nitrogen and oxygen atoms in total. The third kappa shape index (κ3) is 5.72. The van der Waals surface area contributed by atoms with Crippen molar-refractivity contribution in [3.05, 3.63) is 241 Å². The molecule has 0 spiro atoms. The molecule has 2 heterocycles. The normalized spacial score (nSPS) is 13.0. The van der Waals surface area contributed by atoms with E-state index in [1.807, 2.05) is 0 Å². The lowest BCUT2D eigenvalue weighted by Gasteiger charge is -2.22. The maximum Gasteiger partial charge on any atom is 0.136 e. The molecule has 13 aromatic carbocycles. The van der Waals surface area contributed by atoms with Crippen molar-refractivity contribution < 1.29 is 8.83 Å². The van der Waals surface area contributed by atoms with Gasteiger partial charge in [-0.3, -0.25) is 0 Å². The van der Waals surface area contributed by atoms with Gasteiger partial charge in [-0.25, -0.2) is 0 Å². The zero-order valence-corrected chi connectivity index (χ0v) is 39.2. The number of furan rings is 2. The van der Waals surface area contributed by atoms with Crippen LogP contribution in [-0.4, -0.2) is 0 Å². The van der Waals surface area contributed by atoms with Crippen LogP contribution in [0.2, 0.25) is 0 Å². The highest BCUT2D eigenvalue weighted by molar-refractivity contribution is 6.29. The Morgan fingerprint density at radius 3 is 1.18 bits per heavy atom. The van der Waals surface area contributed by atoms with Gasteiger partial charge in [-0.1, -0.05) is 176 Å². The van der Waals surface area contributed by atoms with Crippen molar-refractivity contribution in [2.45, 2.75) is 12.8 Å². The molecule has 0 amide bonds. The van der Waals surface area contributed by atoms with E-state index >= 15 is 0 Å². The van der Waals surface area contributed by atoms with Crippen molar-refractivity contribution in [1.29, 1.82) is 0 Å². The average molecular weight is 915 g/mol. The molecule has 2 heteroatoms. The summed E-state index contributed by atoms with van der Waals surface area (Å²) in [5.74, 6) is 0. The molecule has 72 heavy (non-hydrogen) atoms. The molecule has 2 aromatic heterocycles. The van der Waals surface area contributed by atoms with Crippen molar-refractivity contribution in [2.24, 2.45) is 0 Å². The Morgan fingerprint density at radius 1 is 0.264 bits per heavy atom. The molecular formula is C70H42O2. The summed E-state index contributed by atoms with van der Waals surface area (Å²) >= 11 is 0. The standard InChI is InChI=1S/C70H42O2/c1-3-15-43-37-45(27-25-41(43)13-1)65-49-17-5-9-21-53(49)67(54-22-10-6-18-50(54)65)47-29-31-59-63(39-47)71-61-35-33-58-57(69(59)61)34-36-62-70(58)60-32-30-48(40-64(60)72-62)68-55-23-11-7-19-51(55)66(52-20-8-12-24-56(52)68)46-28-26-42-14-2-4-16-44(42)38-46/h1-25,27,29-40H,26,28H2. The van der Waals surface area contributed by atoms with E-state index in [4.69, 9.17) is 8.83 Å². The number of fused-ring (bicyclic) bond motifs is 15.